The van der Waals surface area contributed by atoms with Crippen molar-refractivity contribution >= 4 is 45.1 Å². The fourth-order valence-electron chi connectivity index (χ4n) is 3.46. The topological polar surface area (TPSA) is 65.2 Å². The number of ether oxygens (including phenoxy) is 1. The SMILES string of the molecule is COc1ccc2oc(=O)c(-c3nc(-c4ccccc4Cl)c4cc(Cl)ccc4n3)cc2c1. The van der Waals surface area contributed by atoms with Gasteiger partial charge in [-0.25, -0.2) is 14.8 Å². The Bertz CT molecular complexity index is 1530. The van der Waals surface area contributed by atoms with Crippen LogP contribution in [0.5, 0.6) is 5.75 Å². The monoisotopic (exact) mass is 448 g/mol. The third kappa shape index (κ3) is 3.52. The van der Waals surface area contributed by atoms with Crippen LogP contribution in [-0.4, -0.2) is 17.1 Å². The highest BCUT2D eigenvalue weighted by atomic mass is 35.5. The van der Waals surface area contributed by atoms with E-state index in [4.69, 9.17) is 37.3 Å². The smallest absolute Gasteiger partial charge is 0.347 e. The number of halogens is 2. The van der Waals surface area contributed by atoms with Crippen LogP contribution >= 0.6 is 23.2 Å². The van der Waals surface area contributed by atoms with Gasteiger partial charge in [-0.15, -0.1) is 0 Å². The molecule has 5 rings (SSSR count). The molecule has 152 valence electrons. The number of nitrogens with zero attached hydrogens (tertiary/aromatic N) is 2. The molecule has 5 nitrogen and oxygen atoms in total. The van der Waals surface area contributed by atoms with Gasteiger partial charge in [-0.1, -0.05) is 41.4 Å². The lowest BCUT2D eigenvalue weighted by molar-refractivity contribution is 0.415. The summed E-state index contributed by atoms with van der Waals surface area (Å²) < 4.78 is 10.8. The summed E-state index contributed by atoms with van der Waals surface area (Å²) >= 11 is 12.7. The van der Waals surface area contributed by atoms with E-state index in [-0.39, 0.29) is 11.4 Å². The molecule has 2 aromatic heterocycles. The summed E-state index contributed by atoms with van der Waals surface area (Å²) in [6.07, 6.45) is 0. The van der Waals surface area contributed by atoms with E-state index in [1.807, 2.05) is 18.2 Å². The van der Waals surface area contributed by atoms with Gasteiger partial charge in [0.15, 0.2) is 5.82 Å². The van der Waals surface area contributed by atoms with Crippen LogP contribution in [0.4, 0.5) is 0 Å². The van der Waals surface area contributed by atoms with Crippen molar-refractivity contribution < 1.29 is 9.15 Å². The summed E-state index contributed by atoms with van der Waals surface area (Å²) in [6.45, 7) is 0. The number of benzene rings is 3. The number of rotatable bonds is 3. The average Bonchev–Trinajstić information content (AvgIpc) is 2.78. The first-order chi connectivity index (χ1) is 15.0. The molecule has 0 atom stereocenters. The number of hydrogen-bond acceptors (Lipinski definition) is 5. The summed E-state index contributed by atoms with van der Waals surface area (Å²) in [7, 11) is 1.58. The summed E-state index contributed by atoms with van der Waals surface area (Å²) in [5.74, 6) is 0.890. The maximum absolute atomic E-state index is 12.8. The van der Waals surface area contributed by atoms with Gasteiger partial charge < -0.3 is 9.15 Å². The van der Waals surface area contributed by atoms with E-state index in [0.717, 1.165) is 5.39 Å². The van der Waals surface area contributed by atoms with Crippen molar-refractivity contribution in [3.8, 4) is 28.4 Å². The molecule has 3 aromatic carbocycles. The zero-order chi connectivity index (χ0) is 21.5. The van der Waals surface area contributed by atoms with Gasteiger partial charge in [0.2, 0.25) is 0 Å². The van der Waals surface area contributed by atoms with Crippen molar-refractivity contribution in [1.29, 1.82) is 0 Å². The Balaban J connectivity index is 1.82. The van der Waals surface area contributed by atoms with E-state index in [2.05, 4.69) is 4.98 Å². The molecule has 0 fully saturated rings. The van der Waals surface area contributed by atoms with Gasteiger partial charge in [0.05, 0.1) is 18.3 Å². The van der Waals surface area contributed by atoms with E-state index in [1.54, 1.807) is 55.6 Å². The molecule has 0 aliphatic carbocycles. The molecule has 0 N–H and O–H groups in total. The number of fused-ring (bicyclic) bond motifs is 2. The number of hydrogen-bond donors (Lipinski definition) is 0. The summed E-state index contributed by atoms with van der Waals surface area (Å²) in [6, 6.07) is 19.6. The normalized spacial score (nSPS) is 11.2. The van der Waals surface area contributed by atoms with Crippen molar-refractivity contribution in [2.45, 2.75) is 0 Å². The Morgan fingerprint density at radius 2 is 1.74 bits per heavy atom. The lowest BCUT2D eigenvalue weighted by Gasteiger charge is -2.11. The first-order valence-corrected chi connectivity index (χ1v) is 10.1. The van der Waals surface area contributed by atoms with Gasteiger partial charge in [0.1, 0.15) is 16.9 Å². The lowest BCUT2D eigenvalue weighted by atomic mass is 10.1. The molecule has 7 heteroatoms. The van der Waals surface area contributed by atoms with Crippen molar-refractivity contribution in [2.24, 2.45) is 0 Å². The largest absolute Gasteiger partial charge is 0.497 e. The zero-order valence-electron chi connectivity index (χ0n) is 16.2. The Morgan fingerprint density at radius 3 is 2.55 bits per heavy atom. The highest BCUT2D eigenvalue weighted by molar-refractivity contribution is 6.34. The van der Waals surface area contributed by atoms with E-state index in [9.17, 15) is 4.79 Å². The predicted molar refractivity (Wildman–Crippen MR) is 123 cm³/mol. The molecular formula is C24H14Cl2N2O3. The molecule has 31 heavy (non-hydrogen) atoms. The molecule has 0 unspecified atom stereocenters. The average molecular weight is 449 g/mol. The highest BCUT2D eigenvalue weighted by Crippen LogP contribution is 2.34. The van der Waals surface area contributed by atoms with E-state index in [0.29, 0.717) is 43.5 Å². The number of aromatic nitrogens is 2. The van der Waals surface area contributed by atoms with Gasteiger partial charge in [0, 0.05) is 26.4 Å². The predicted octanol–water partition coefficient (Wildman–Crippen LogP) is 6.39. The molecule has 2 heterocycles. The maximum Gasteiger partial charge on any atom is 0.347 e. The van der Waals surface area contributed by atoms with Crippen LogP contribution in [-0.2, 0) is 0 Å². The Labute approximate surface area is 186 Å². The fraction of sp³-hybridized carbons (Fsp3) is 0.0417. The molecule has 0 radical (unpaired) electrons. The van der Waals surface area contributed by atoms with Crippen molar-refractivity contribution in [1.82, 2.24) is 9.97 Å². The van der Waals surface area contributed by atoms with Crippen LogP contribution < -0.4 is 10.4 Å². The molecule has 0 saturated carbocycles. The number of methoxy groups -OCH3 is 1. The molecule has 0 bridgehead atoms. The van der Waals surface area contributed by atoms with Crippen LogP contribution in [0.2, 0.25) is 10.0 Å². The van der Waals surface area contributed by atoms with Crippen LogP contribution in [0.25, 0.3) is 44.5 Å². The quantitative estimate of drug-likeness (QED) is 0.299. The Morgan fingerprint density at radius 1 is 0.903 bits per heavy atom. The molecular weight excluding hydrogens is 435 g/mol. The lowest BCUT2D eigenvalue weighted by Crippen LogP contribution is -2.06. The Hall–Kier alpha value is -3.41. The minimum atomic E-state index is -0.531. The van der Waals surface area contributed by atoms with Crippen molar-refractivity contribution in [3.63, 3.8) is 0 Å². The third-order valence-corrected chi connectivity index (χ3v) is 5.53. The second kappa shape index (κ2) is 7.69. The zero-order valence-corrected chi connectivity index (χ0v) is 17.7. The molecule has 0 aliphatic rings. The van der Waals surface area contributed by atoms with Gasteiger partial charge in [-0.2, -0.15) is 0 Å². The summed E-state index contributed by atoms with van der Waals surface area (Å²) in [4.78, 5) is 22.1. The van der Waals surface area contributed by atoms with Gasteiger partial charge in [-0.3, -0.25) is 0 Å². The molecule has 5 aromatic rings. The van der Waals surface area contributed by atoms with Crippen molar-refractivity contribution in [3.05, 3.63) is 87.2 Å². The van der Waals surface area contributed by atoms with Crippen LogP contribution in [0, 0.1) is 0 Å². The Kier molecular flexibility index (Phi) is 4.85. The second-order valence-corrected chi connectivity index (χ2v) is 7.73. The minimum absolute atomic E-state index is 0.239. The van der Waals surface area contributed by atoms with E-state index in [1.165, 1.54) is 0 Å². The first kappa shape index (κ1) is 19.5. The summed E-state index contributed by atoms with van der Waals surface area (Å²) in [5, 5.41) is 2.52. The highest BCUT2D eigenvalue weighted by Gasteiger charge is 2.17. The van der Waals surface area contributed by atoms with E-state index < -0.39 is 5.63 Å². The van der Waals surface area contributed by atoms with E-state index >= 15 is 0 Å². The molecule has 0 saturated heterocycles. The van der Waals surface area contributed by atoms with Crippen LogP contribution in [0.15, 0.2) is 75.9 Å². The summed E-state index contributed by atoms with van der Waals surface area (Å²) in [5.41, 5.74) is 2.09. The first-order valence-electron chi connectivity index (χ1n) is 9.38. The third-order valence-electron chi connectivity index (χ3n) is 4.97. The van der Waals surface area contributed by atoms with Gasteiger partial charge in [0.25, 0.3) is 0 Å². The maximum atomic E-state index is 12.8. The van der Waals surface area contributed by atoms with Gasteiger partial charge >= 0.3 is 5.63 Å². The minimum Gasteiger partial charge on any atom is -0.497 e. The van der Waals surface area contributed by atoms with Crippen molar-refractivity contribution in [2.75, 3.05) is 7.11 Å². The molecule has 0 aliphatic heterocycles. The van der Waals surface area contributed by atoms with Crippen LogP contribution in [0.1, 0.15) is 0 Å². The molecule has 0 amide bonds. The van der Waals surface area contributed by atoms with Gasteiger partial charge in [-0.05, 0) is 48.5 Å². The van der Waals surface area contributed by atoms with Crippen LogP contribution in [0.3, 0.4) is 0 Å². The fourth-order valence-corrected chi connectivity index (χ4v) is 3.86. The molecule has 0 spiro atoms. The standard InChI is InChI=1S/C24H14Cl2N2O3/c1-30-15-7-9-21-13(10-15)11-18(24(29)31-21)23-27-20-8-6-14(25)12-17(20)22(28-23)16-4-2-3-5-19(16)26/h2-12H,1H3. The second-order valence-electron chi connectivity index (χ2n) is 6.89.